The van der Waals surface area contributed by atoms with Crippen LogP contribution in [0.5, 0.6) is 23.0 Å². The molecule has 0 fully saturated rings. The highest BCUT2D eigenvalue weighted by Gasteiger charge is 2.00. The predicted octanol–water partition coefficient (Wildman–Crippen LogP) is 7.31. The summed E-state index contributed by atoms with van der Waals surface area (Å²) in [5.41, 5.74) is 1.98. The third kappa shape index (κ3) is 11.5. The second-order valence-electron chi connectivity index (χ2n) is 8.45. The van der Waals surface area contributed by atoms with Gasteiger partial charge in [0.25, 0.3) is 0 Å². The van der Waals surface area contributed by atoms with E-state index in [1.807, 2.05) is 0 Å². The fourth-order valence-electron chi connectivity index (χ4n) is 3.82. The van der Waals surface area contributed by atoms with Crippen molar-refractivity contribution in [1.29, 1.82) is 0 Å². The van der Waals surface area contributed by atoms with Crippen LogP contribution in [0.1, 0.15) is 75.3 Å². The quantitative estimate of drug-likeness (QED) is 0.174. The van der Waals surface area contributed by atoms with Gasteiger partial charge < -0.3 is 20.4 Å². The average Bonchev–Trinajstić information content (AvgIpc) is 2.72. The molecule has 0 aromatic heterocycles. The molecule has 2 aromatic carbocycles. The number of hydrogen-bond acceptors (Lipinski definition) is 4. The van der Waals surface area contributed by atoms with Gasteiger partial charge in [0.15, 0.2) is 0 Å². The standard InChI is InChI=1S/C28H38O4/c29-25-17-23(18-26(30)21-25)15-13-11-9-7-5-3-1-2-4-6-8-10-12-14-16-24-19-27(31)22-28(32)20-24/h1,3-4,6,17-22,29-32H,2,5,7-16H2/b3-1+,6-4+. The maximum atomic E-state index is 9.49. The van der Waals surface area contributed by atoms with Crippen LogP contribution in [0.15, 0.2) is 60.7 Å². The molecule has 2 rings (SSSR count). The fraction of sp³-hybridized carbons (Fsp3) is 0.429. The number of hydrogen-bond donors (Lipinski definition) is 4. The highest BCUT2D eigenvalue weighted by atomic mass is 16.3. The maximum Gasteiger partial charge on any atom is 0.119 e. The lowest BCUT2D eigenvalue weighted by Gasteiger charge is -2.03. The minimum atomic E-state index is 0.128. The Balaban J connectivity index is 1.40. The molecule has 4 heteroatoms. The highest BCUT2D eigenvalue weighted by Crippen LogP contribution is 2.23. The molecule has 32 heavy (non-hydrogen) atoms. The summed E-state index contributed by atoms with van der Waals surface area (Å²) >= 11 is 0. The molecule has 0 bridgehead atoms. The molecular weight excluding hydrogens is 400 g/mol. The Morgan fingerprint density at radius 3 is 1.25 bits per heavy atom. The van der Waals surface area contributed by atoms with Gasteiger partial charge >= 0.3 is 0 Å². The van der Waals surface area contributed by atoms with E-state index in [4.69, 9.17) is 0 Å². The minimum Gasteiger partial charge on any atom is -0.508 e. The molecule has 0 atom stereocenters. The van der Waals surface area contributed by atoms with Crippen molar-refractivity contribution in [3.8, 4) is 23.0 Å². The molecule has 174 valence electrons. The largest absolute Gasteiger partial charge is 0.508 e. The third-order valence-corrected chi connectivity index (χ3v) is 5.45. The van der Waals surface area contributed by atoms with E-state index in [1.165, 1.54) is 25.0 Å². The van der Waals surface area contributed by atoms with Crippen LogP contribution in [0.4, 0.5) is 0 Å². The molecule has 0 radical (unpaired) electrons. The van der Waals surface area contributed by atoms with Crippen molar-refractivity contribution in [2.75, 3.05) is 0 Å². The molecule has 0 aliphatic rings. The molecule has 0 amide bonds. The number of rotatable bonds is 15. The Hall–Kier alpha value is -2.88. The Morgan fingerprint density at radius 1 is 0.438 bits per heavy atom. The summed E-state index contributed by atoms with van der Waals surface area (Å²) in [4.78, 5) is 0. The first-order valence-electron chi connectivity index (χ1n) is 11.9. The van der Waals surface area contributed by atoms with Gasteiger partial charge in [0.2, 0.25) is 0 Å². The zero-order valence-corrected chi connectivity index (χ0v) is 19.0. The molecule has 0 aliphatic heterocycles. The van der Waals surface area contributed by atoms with E-state index in [2.05, 4.69) is 24.3 Å². The van der Waals surface area contributed by atoms with Crippen LogP contribution in [0.25, 0.3) is 0 Å². The Morgan fingerprint density at radius 2 is 0.812 bits per heavy atom. The number of aryl methyl sites for hydroxylation is 2. The number of phenolic OH excluding ortho intramolecular Hbond substituents is 4. The summed E-state index contributed by atoms with van der Waals surface area (Å²) in [6, 6.07) is 9.60. The lowest BCUT2D eigenvalue weighted by Crippen LogP contribution is -1.86. The summed E-state index contributed by atoms with van der Waals surface area (Å²) in [6.45, 7) is 0. The van der Waals surface area contributed by atoms with Crippen molar-refractivity contribution in [1.82, 2.24) is 0 Å². The van der Waals surface area contributed by atoms with E-state index in [9.17, 15) is 20.4 Å². The van der Waals surface area contributed by atoms with Crippen LogP contribution in [0.3, 0.4) is 0 Å². The number of unbranched alkanes of at least 4 members (excludes halogenated alkanes) is 7. The Kier molecular flexibility index (Phi) is 11.9. The van der Waals surface area contributed by atoms with Gasteiger partial charge in [0.05, 0.1) is 0 Å². The van der Waals surface area contributed by atoms with Crippen molar-refractivity contribution in [2.24, 2.45) is 0 Å². The first-order chi connectivity index (χ1) is 15.5. The first kappa shape index (κ1) is 25.4. The molecule has 0 spiro atoms. The molecule has 0 saturated heterocycles. The second kappa shape index (κ2) is 15.0. The monoisotopic (exact) mass is 438 g/mol. The maximum absolute atomic E-state index is 9.49. The zero-order chi connectivity index (χ0) is 23.0. The predicted molar refractivity (Wildman–Crippen MR) is 131 cm³/mol. The third-order valence-electron chi connectivity index (χ3n) is 5.45. The van der Waals surface area contributed by atoms with E-state index in [0.717, 1.165) is 75.3 Å². The van der Waals surface area contributed by atoms with E-state index < -0.39 is 0 Å². The second-order valence-corrected chi connectivity index (χ2v) is 8.45. The summed E-state index contributed by atoms with van der Waals surface area (Å²) in [5.74, 6) is 0.516. The topological polar surface area (TPSA) is 80.9 Å². The van der Waals surface area contributed by atoms with Crippen molar-refractivity contribution >= 4 is 0 Å². The Labute approximate surface area is 192 Å². The van der Waals surface area contributed by atoms with Gasteiger partial charge in [-0.3, -0.25) is 0 Å². The smallest absolute Gasteiger partial charge is 0.119 e. The van der Waals surface area contributed by atoms with E-state index in [1.54, 1.807) is 24.3 Å². The lowest BCUT2D eigenvalue weighted by atomic mass is 10.0. The van der Waals surface area contributed by atoms with E-state index in [0.29, 0.717) is 0 Å². The van der Waals surface area contributed by atoms with E-state index in [-0.39, 0.29) is 23.0 Å². The molecule has 4 N–H and O–H groups in total. The molecule has 0 heterocycles. The summed E-state index contributed by atoms with van der Waals surface area (Å²) < 4.78 is 0. The van der Waals surface area contributed by atoms with Gasteiger partial charge in [-0.2, -0.15) is 0 Å². The fourth-order valence-corrected chi connectivity index (χ4v) is 3.82. The van der Waals surface area contributed by atoms with Crippen LogP contribution in [-0.2, 0) is 12.8 Å². The van der Waals surface area contributed by atoms with Crippen LogP contribution in [0, 0.1) is 0 Å². The van der Waals surface area contributed by atoms with Gasteiger partial charge in [0, 0.05) is 12.1 Å². The van der Waals surface area contributed by atoms with Crippen LogP contribution in [-0.4, -0.2) is 20.4 Å². The molecule has 2 aromatic rings. The summed E-state index contributed by atoms with van der Waals surface area (Å²) in [5, 5.41) is 37.9. The van der Waals surface area contributed by atoms with Gasteiger partial charge in [-0.25, -0.2) is 0 Å². The molecule has 0 saturated carbocycles. The van der Waals surface area contributed by atoms with Crippen LogP contribution >= 0.6 is 0 Å². The SMILES string of the molecule is Oc1cc(O)cc(CCCCC/C=C/C/C=C/CCCCCCc2cc(O)cc(O)c2)c1. The molecule has 0 unspecified atom stereocenters. The number of allylic oxidation sites excluding steroid dienone is 4. The highest BCUT2D eigenvalue weighted by molar-refractivity contribution is 5.37. The van der Waals surface area contributed by atoms with Gasteiger partial charge in [-0.05, 0) is 93.2 Å². The summed E-state index contributed by atoms with van der Waals surface area (Å²) in [6.07, 6.45) is 22.0. The van der Waals surface area contributed by atoms with Crippen molar-refractivity contribution in [3.63, 3.8) is 0 Å². The van der Waals surface area contributed by atoms with Crippen LogP contribution < -0.4 is 0 Å². The molecule has 0 aliphatic carbocycles. The van der Waals surface area contributed by atoms with Crippen molar-refractivity contribution < 1.29 is 20.4 Å². The lowest BCUT2D eigenvalue weighted by molar-refractivity contribution is 0.448. The molecular formula is C28H38O4. The number of aromatic hydroxyl groups is 4. The number of phenols is 4. The van der Waals surface area contributed by atoms with Gasteiger partial charge in [0.1, 0.15) is 23.0 Å². The molecule has 4 nitrogen and oxygen atoms in total. The van der Waals surface area contributed by atoms with Crippen molar-refractivity contribution in [2.45, 2.75) is 77.0 Å². The minimum absolute atomic E-state index is 0.128. The van der Waals surface area contributed by atoms with Crippen LogP contribution in [0.2, 0.25) is 0 Å². The normalized spacial score (nSPS) is 11.6. The van der Waals surface area contributed by atoms with Gasteiger partial charge in [-0.15, -0.1) is 0 Å². The summed E-state index contributed by atoms with van der Waals surface area (Å²) in [7, 11) is 0. The van der Waals surface area contributed by atoms with E-state index >= 15 is 0 Å². The number of benzene rings is 2. The zero-order valence-electron chi connectivity index (χ0n) is 19.0. The average molecular weight is 439 g/mol. The van der Waals surface area contributed by atoms with Gasteiger partial charge in [-0.1, -0.05) is 43.6 Å². The first-order valence-corrected chi connectivity index (χ1v) is 11.9. The Bertz CT molecular complexity index is 814. The van der Waals surface area contributed by atoms with Crippen molar-refractivity contribution in [3.05, 3.63) is 71.8 Å².